The second-order valence-corrected chi connectivity index (χ2v) is 7.39. The van der Waals surface area contributed by atoms with Crippen LogP contribution in [-0.4, -0.2) is 58.8 Å². The van der Waals surface area contributed by atoms with E-state index in [1.54, 1.807) is 24.4 Å². The van der Waals surface area contributed by atoms with E-state index in [-0.39, 0.29) is 23.5 Å². The lowest BCUT2D eigenvalue weighted by molar-refractivity contribution is -0.123. The fourth-order valence-corrected chi connectivity index (χ4v) is 3.90. The number of primary amides is 1. The smallest absolute Gasteiger partial charge is 0.270 e. The molecule has 7 heteroatoms. The fraction of sp³-hybridized carbons (Fsp3) is 0.400. The second kappa shape index (κ2) is 7.15. The van der Waals surface area contributed by atoms with E-state index in [4.69, 9.17) is 5.73 Å². The molecule has 2 amide bonds. The van der Waals surface area contributed by atoms with E-state index in [2.05, 4.69) is 9.88 Å². The van der Waals surface area contributed by atoms with Gasteiger partial charge >= 0.3 is 0 Å². The summed E-state index contributed by atoms with van der Waals surface area (Å²) in [5.74, 6) is -0.518. The van der Waals surface area contributed by atoms with E-state index in [0.717, 1.165) is 37.1 Å². The Kier molecular flexibility index (Phi) is 4.70. The van der Waals surface area contributed by atoms with Crippen molar-refractivity contribution in [2.24, 2.45) is 11.7 Å². The van der Waals surface area contributed by atoms with Gasteiger partial charge in [-0.05, 0) is 55.3 Å². The maximum absolute atomic E-state index is 13.1. The molecule has 2 aliphatic rings. The summed E-state index contributed by atoms with van der Waals surface area (Å²) >= 11 is 0. The number of benzene rings is 1. The molecular weight excluding hydrogens is 347 g/mol. The average molecular weight is 370 g/mol. The van der Waals surface area contributed by atoms with Crippen LogP contribution in [-0.2, 0) is 4.79 Å². The summed E-state index contributed by atoms with van der Waals surface area (Å²) in [7, 11) is 0. The molecule has 0 radical (unpaired) electrons. The Bertz CT molecular complexity index is 834. The molecule has 3 heterocycles. The maximum atomic E-state index is 13.1. The number of rotatable bonds is 4. The summed E-state index contributed by atoms with van der Waals surface area (Å²) in [6.45, 7) is 3.12. The first-order chi connectivity index (χ1) is 13.0. The predicted molar refractivity (Wildman–Crippen MR) is 99.4 cm³/mol. The van der Waals surface area contributed by atoms with Crippen LogP contribution in [0.5, 0.6) is 0 Å². The van der Waals surface area contributed by atoms with Gasteiger partial charge in [0.15, 0.2) is 0 Å². The minimum Gasteiger partial charge on any atom is -0.369 e. The Balaban J connectivity index is 1.32. The summed E-state index contributed by atoms with van der Waals surface area (Å²) in [6, 6.07) is 8.37. The third-order valence-electron chi connectivity index (χ3n) is 5.69. The molecule has 6 nitrogen and oxygen atoms in total. The topological polar surface area (TPSA) is 82.4 Å². The van der Waals surface area contributed by atoms with Crippen molar-refractivity contribution in [2.75, 3.05) is 26.2 Å². The number of hydrogen-bond donors (Lipinski definition) is 2. The normalized spacial score (nSPS) is 19.1. The van der Waals surface area contributed by atoms with Crippen LogP contribution in [0.25, 0.3) is 11.1 Å². The molecule has 1 aromatic carbocycles. The Morgan fingerprint density at radius 3 is 2.37 bits per heavy atom. The zero-order chi connectivity index (χ0) is 19.0. The highest BCUT2D eigenvalue weighted by molar-refractivity contribution is 5.94. The molecule has 0 bridgehead atoms. The summed E-state index contributed by atoms with van der Waals surface area (Å²) in [6.07, 6.45) is 3.38. The molecular formula is C20H23FN4O2. The van der Waals surface area contributed by atoms with Crippen molar-refractivity contribution in [3.63, 3.8) is 0 Å². The highest BCUT2D eigenvalue weighted by atomic mass is 19.1. The van der Waals surface area contributed by atoms with Crippen molar-refractivity contribution in [3.05, 3.63) is 48.0 Å². The molecule has 0 spiro atoms. The number of likely N-dealkylation sites (tertiary alicyclic amines) is 2. The number of nitrogens with two attached hydrogens (primary N) is 1. The molecule has 2 saturated heterocycles. The molecule has 0 saturated carbocycles. The number of halogens is 1. The van der Waals surface area contributed by atoms with E-state index in [1.807, 2.05) is 4.90 Å². The summed E-state index contributed by atoms with van der Waals surface area (Å²) in [4.78, 5) is 31.1. The van der Waals surface area contributed by atoms with Gasteiger partial charge in [-0.3, -0.25) is 14.5 Å². The predicted octanol–water partition coefficient (Wildman–Crippen LogP) is 1.84. The van der Waals surface area contributed by atoms with Crippen LogP contribution in [0, 0.1) is 11.7 Å². The minimum atomic E-state index is -0.280. The lowest BCUT2D eigenvalue weighted by atomic mass is 9.93. The third-order valence-corrected chi connectivity index (χ3v) is 5.69. The van der Waals surface area contributed by atoms with Crippen LogP contribution >= 0.6 is 0 Å². The highest BCUT2D eigenvalue weighted by Crippen LogP contribution is 2.26. The van der Waals surface area contributed by atoms with Gasteiger partial charge in [0.05, 0.1) is 0 Å². The highest BCUT2D eigenvalue weighted by Gasteiger charge is 2.37. The van der Waals surface area contributed by atoms with Crippen LogP contribution in [0.3, 0.4) is 0 Å². The van der Waals surface area contributed by atoms with Gasteiger partial charge in [-0.25, -0.2) is 4.39 Å². The minimum absolute atomic E-state index is 0.0112. The first kappa shape index (κ1) is 17.7. The Hall–Kier alpha value is -2.67. The molecule has 0 unspecified atom stereocenters. The molecule has 2 aromatic rings. The Labute approximate surface area is 157 Å². The first-order valence-electron chi connectivity index (χ1n) is 9.28. The van der Waals surface area contributed by atoms with Crippen LogP contribution in [0.1, 0.15) is 23.3 Å². The molecule has 2 aliphatic heterocycles. The molecule has 2 fully saturated rings. The van der Waals surface area contributed by atoms with Crippen molar-refractivity contribution >= 4 is 11.8 Å². The second-order valence-electron chi connectivity index (χ2n) is 7.39. The molecule has 4 rings (SSSR count). The van der Waals surface area contributed by atoms with Gasteiger partial charge < -0.3 is 15.6 Å². The number of H-pyrrole nitrogens is 1. The largest absolute Gasteiger partial charge is 0.369 e. The van der Waals surface area contributed by atoms with E-state index < -0.39 is 0 Å². The van der Waals surface area contributed by atoms with Gasteiger partial charge in [-0.1, -0.05) is 12.1 Å². The molecule has 3 N–H and O–H groups in total. The molecule has 0 aliphatic carbocycles. The van der Waals surface area contributed by atoms with Crippen molar-refractivity contribution in [1.29, 1.82) is 0 Å². The van der Waals surface area contributed by atoms with Gasteiger partial charge in [0.1, 0.15) is 11.5 Å². The number of amides is 2. The zero-order valence-corrected chi connectivity index (χ0v) is 15.0. The first-order valence-corrected chi connectivity index (χ1v) is 9.28. The molecule has 1 aromatic heterocycles. The summed E-state index contributed by atoms with van der Waals surface area (Å²) < 4.78 is 13.1. The van der Waals surface area contributed by atoms with E-state index in [1.165, 1.54) is 12.1 Å². The van der Waals surface area contributed by atoms with Gasteiger partial charge in [-0.2, -0.15) is 0 Å². The lowest BCUT2D eigenvalue weighted by Gasteiger charge is -2.47. The SMILES string of the molecule is NC(=O)C1CCN(C2CN(C(=O)c3cc(-c4ccc(F)cc4)c[nH]3)C2)CC1. The van der Waals surface area contributed by atoms with Crippen molar-refractivity contribution in [3.8, 4) is 11.1 Å². The number of hydrogen-bond acceptors (Lipinski definition) is 3. The molecule has 0 atom stereocenters. The number of piperidine rings is 1. The summed E-state index contributed by atoms with van der Waals surface area (Å²) in [5.41, 5.74) is 7.65. The number of nitrogens with one attached hydrogen (secondary N) is 1. The van der Waals surface area contributed by atoms with E-state index in [0.29, 0.717) is 24.8 Å². The van der Waals surface area contributed by atoms with Crippen molar-refractivity contribution in [2.45, 2.75) is 18.9 Å². The molecule has 142 valence electrons. The monoisotopic (exact) mass is 370 g/mol. The van der Waals surface area contributed by atoms with Crippen LogP contribution < -0.4 is 5.73 Å². The van der Waals surface area contributed by atoms with Crippen molar-refractivity contribution in [1.82, 2.24) is 14.8 Å². The fourth-order valence-electron chi connectivity index (χ4n) is 3.90. The van der Waals surface area contributed by atoms with Crippen LogP contribution in [0.4, 0.5) is 4.39 Å². The quantitative estimate of drug-likeness (QED) is 0.862. The lowest BCUT2D eigenvalue weighted by Crippen LogP contribution is -2.62. The number of carbonyl (C=O) groups is 2. The standard InChI is InChI=1S/C20H23FN4O2/c21-16-3-1-13(2-4-16)15-9-18(23-10-15)20(27)25-11-17(12-25)24-7-5-14(6-8-24)19(22)26/h1-4,9-10,14,17,23H,5-8,11-12H2,(H2,22,26). The van der Waals surface area contributed by atoms with Crippen molar-refractivity contribution < 1.29 is 14.0 Å². The van der Waals surface area contributed by atoms with Gasteiger partial charge in [-0.15, -0.1) is 0 Å². The summed E-state index contributed by atoms with van der Waals surface area (Å²) in [5, 5.41) is 0. The molecule has 27 heavy (non-hydrogen) atoms. The van der Waals surface area contributed by atoms with Gasteiger partial charge in [0, 0.05) is 31.2 Å². The van der Waals surface area contributed by atoms with Crippen LogP contribution in [0.15, 0.2) is 36.5 Å². The van der Waals surface area contributed by atoms with E-state index >= 15 is 0 Å². The Morgan fingerprint density at radius 2 is 1.74 bits per heavy atom. The third kappa shape index (κ3) is 3.60. The average Bonchev–Trinajstić information content (AvgIpc) is 3.11. The number of aromatic amines is 1. The number of carbonyl (C=O) groups excluding carboxylic acids is 2. The number of nitrogens with zero attached hydrogens (tertiary/aromatic N) is 2. The van der Waals surface area contributed by atoms with E-state index in [9.17, 15) is 14.0 Å². The Morgan fingerprint density at radius 1 is 1.07 bits per heavy atom. The number of aromatic nitrogens is 1. The zero-order valence-electron chi connectivity index (χ0n) is 15.0. The van der Waals surface area contributed by atoms with Gasteiger partial charge in [0.2, 0.25) is 5.91 Å². The van der Waals surface area contributed by atoms with Crippen LogP contribution in [0.2, 0.25) is 0 Å². The van der Waals surface area contributed by atoms with Gasteiger partial charge in [0.25, 0.3) is 5.91 Å². The maximum Gasteiger partial charge on any atom is 0.270 e.